The number of urea groups is 1. The van der Waals surface area contributed by atoms with Gasteiger partial charge >= 0.3 is 6.03 Å². The minimum absolute atomic E-state index is 0.0456. The maximum Gasteiger partial charge on any atom is 0.319 e. The largest absolute Gasteiger partial charge is 0.337 e. The molecule has 0 atom stereocenters. The summed E-state index contributed by atoms with van der Waals surface area (Å²) >= 11 is 5.93. The summed E-state index contributed by atoms with van der Waals surface area (Å²) in [5, 5.41) is 5.88. The molecule has 5 heteroatoms. The van der Waals surface area contributed by atoms with Crippen LogP contribution in [0.15, 0.2) is 18.2 Å². The zero-order valence-corrected chi connectivity index (χ0v) is 10.6. The van der Waals surface area contributed by atoms with Crippen molar-refractivity contribution >= 4 is 29.1 Å². The summed E-state index contributed by atoms with van der Waals surface area (Å²) in [6, 6.07) is 4.96. The van der Waals surface area contributed by atoms with Crippen LogP contribution in [0.3, 0.4) is 0 Å². The van der Waals surface area contributed by atoms with E-state index in [4.69, 9.17) is 11.6 Å². The molecule has 0 radical (unpaired) electrons. The normalized spacial score (nSPS) is 9.82. The number of carbonyl (C=O) groups is 2. The molecule has 0 heterocycles. The molecule has 92 valence electrons. The first kappa shape index (κ1) is 13.5. The molecule has 2 amide bonds. The maximum atomic E-state index is 11.5. The van der Waals surface area contributed by atoms with Crippen molar-refractivity contribution in [1.82, 2.24) is 5.32 Å². The summed E-state index contributed by atoms with van der Waals surface area (Å²) < 4.78 is 0. The van der Waals surface area contributed by atoms with Crippen LogP contribution in [0, 0.1) is 6.92 Å². The van der Waals surface area contributed by atoms with Crippen molar-refractivity contribution < 1.29 is 9.59 Å². The molecule has 2 N–H and O–H groups in total. The van der Waals surface area contributed by atoms with Gasteiger partial charge in [0.2, 0.25) is 0 Å². The number of Topliss-reactive ketones (excluding diaryl/α,β-unsaturated/α-hetero) is 1. The standard InChI is InChI=1S/C12H15ClN2O2/c1-8(16)6-7-14-12(17)15-11-5-3-4-10(13)9(11)2/h3-5H,6-7H2,1-2H3,(H2,14,15,17). The van der Waals surface area contributed by atoms with E-state index in [0.717, 1.165) is 5.56 Å². The number of amides is 2. The number of nitrogens with one attached hydrogen (secondary N) is 2. The Bertz CT molecular complexity index is 433. The quantitative estimate of drug-likeness (QED) is 0.868. The molecule has 0 spiro atoms. The summed E-state index contributed by atoms with van der Waals surface area (Å²) in [6.45, 7) is 3.65. The van der Waals surface area contributed by atoms with Crippen LogP contribution in [0.2, 0.25) is 5.02 Å². The average molecular weight is 255 g/mol. The zero-order chi connectivity index (χ0) is 12.8. The van der Waals surface area contributed by atoms with Gasteiger partial charge in [-0.05, 0) is 31.5 Å². The molecule has 0 saturated heterocycles. The van der Waals surface area contributed by atoms with Crippen LogP contribution in [0.5, 0.6) is 0 Å². The molecule has 0 aliphatic rings. The fourth-order valence-corrected chi connectivity index (χ4v) is 1.44. The minimum Gasteiger partial charge on any atom is -0.337 e. The lowest BCUT2D eigenvalue weighted by Crippen LogP contribution is -2.30. The van der Waals surface area contributed by atoms with Gasteiger partial charge in [0.25, 0.3) is 0 Å². The van der Waals surface area contributed by atoms with Gasteiger partial charge in [-0.3, -0.25) is 4.79 Å². The summed E-state index contributed by atoms with van der Waals surface area (Å²) in [4.78, 5) is 22.2. The predicted octanol–water partition coefficient (Wildman–Crippen LogP) is 2.75. The minimum atomic E-state index is -0.336. The second-order valence-corrected chi connectivity index (χ2v) is 4.15. The molecule has 0 unspecified atom stereocenters. The molecule has 0 aliphatic carbocycles. The van der Waals surface area contributed by atoms with Crippen molar-refractivity contribution in [2.75, 3.05) is 11.9 Å². The Kier molecular flexibility index (Phi) is 4.97. The fourth-order valence-electron chi connectivity index (χ4n) is 1.26. The lowest BCUT2D eigenvalue weighted by molar-refractivity contribution is -0.116. The fraction of sp³-hybridized carbons (Fsp3) is 0.333. The van der Waals surface area contributed by atoms with Crippen LogP contribution >= 0.6 is 11.6 Å². The van der Waals surface area contributed by atoms with Gasteiger partial charge in [-0.15, -0.1) is 0 Å². The molecule has 0 bridgehead atoms. The lowest BCUT2D eigenvalue weighted by Gasteiger charge is -2.10. The zero-order valence-electron chi connectivity index (χ0n) is 9.84. The highest BCUT2D eigenvalue weighted by molar-refractivity contribution is 6.31. The topological polar surface area (TPSA) is 58.2 Å². The number of anilines is 1. The van der Waals surface area contributed by atoms with Crippen molar-refractivity contribution in [2.45, 2.75) is 20.3 Å². The van der Waals surface area contributed by atoms with E-state index < -0.39 is 0 Å². The third-order valence-electron chi connectivity index (χ3n) is 2.28. The Morgan fingerprint density at radius 2 is 2.06 bits per heavy atom. The highest BCUT2D eigenvalue weighted by Crippen LogP contribution is 2.22. The smallest absolute Gasteiger partial charge is 0.319 e. The van der Waals surface area contributed by atoms with Gasteiger partial charge in [0.05, 0.1) is 0 Å². The van der Waals surface area contributed by atoms with Crippen LogP contribution in [0.4, 0.5) is 10.5 Å². The molecule has 1 aromatic carbocycles. The Morgan fingerprint density at radius 1 is 1.35 bits per heavy atom. The number of hydrogen-bond donors (Lipinski definition) is 2. The van der Waals surface area contributed by atoms with Crippen LogP contribution in [-0.4, -0.2) is 18.4 Å². The van der Waals surface area contributed by atoms with Crippen LogP contribution in [0.25, 0.3) is 0 Å². The van der Waals surface area contributed by atoms with Gasteiger partial charge in [-0.1, -0.05) is 17.7 Å². The van der Waals surface area contributed by atoms with Gasteiger partial charge in [0.1, 0.15) is 5.78 Å². The van der Waals surface area contributed by atoms with Crippen LogP contribution in [-0.2, 0) is 4.79 Å². The van der Waals surface area contributed by atoms with Crippen molar-refractivity contribution in [3.05, 3.63) is 28.8 Å². The number of benzene rings is 1. The molecule has 0 aromatic heterocycles. The number of carbonyl (C=O) groups excluding carboxylic acids is 2. The summed E-state index contributed by atoms with van der Waals surface area (Å²) in [6.07, 6.45) is 0.335. The third-order valence-corrected chi connectivity index (χ3v) is 2.69. The molecular weight excluding hydrogens is 240 g/mol. The Balaban J connectivity index is 2.51. The van der Waals surface area contributed by atoms with Gasteiger partial charge in [0.15, 0.2) is 0 Å². The first-order valence-electron chi connectivity index (χ1n) is 5.30. The van der Waals surface area contributed by atoms with E-state index >= 15 is 0 Å². The highest BCUT2D eigenvalue weighted by atomic mass is 35.5. The highest BCUT2D eigenvalue weighted by Gasteiger charge is 2.06. The molecule has 1 rings (SSSR count). The summed E-state index contributed by atoms with van der Waals surface area (Å²) in [5.41, 5.74) is 1.48. The molecule has 4 nitrogen and oxygen atoms in total. The van der Waals surface area contributed by atoms with Gasteiger partial charge < -0.3 is 10.6 Å². The van der Waals surface area contributed by atoms with E-state index in [0.29, 0.717) is 23.7 Å². The first-order valence-corrected chi connectivity index (χ1v) is 5.68. The Hall–Kier alpha value is -1.55. The number of ketones is 1. The third kappa shape index (κ3) is 4.44. The van der Waals surface area contributed by atoms with Crippen LogP contribution < -0.4 is 10.6 Å². The SMILES string of the molecule is CC(=O)CCNC(=O)Nc1cccc(Cl)c1C. The van der Waals surface area contributed by atoms with Gasteiger partial charge in [-0.2, -0.15) is 0 Å². The van der Waals surface area contributed by atoms with Crippen molar-refractivity contribution in [1.29, 1.82) is 0 Å². The second kappa shape index (κ2) is 6.25. The van der Waals surface area contributed by atoms with Gasteiger partial charge in [0, 0.05) is 23.7 Å². The average Bonchev–Trinajstić information content (AvgIpc) is 2.24. The lowest BCUT2D eigenvalue weighted by atomic mass is 10.2. The van der Waals surface area contributed by atoms with Crippen molar-refractivity contribution in [3.8, 4) is 0 Å². The van der Waals surface area contributed by atoms with E-state index in [2.05, 4.69) is 10.6 Å². The number of halogens is 1. The van der Waals surface area contributed by atoms with Gasteiger partial charge in [-0.25, -0.2) is 4.79 Å². The Labute approximate surface area is 105 Å². The molecule has 0 aliphatic heterocycles. The van der Waals surface area contributed by atoms with E-state index in [-0.39, 0.29) is 11.8 Å². The van der Waals surface area contributed by atoms with Crippen LogP contribution in [0.1, 0.15) is 18.9 Å². The Morgan fingerprint density at radius 3 is 2.71 bits per heavy atom. The van der Waals surface area contributed by atoms with E-state index in [1.54, 1.807) is 18.2 Å². The summed E-state index contributed by atoms with van der Waals surface area (Å²) in [7, 11) is 0. The van der Waals surface area contributed by atoms with Crippen molar-refractivity contribution in [2.24, 2.45) is 0 Å². The van der Waals surface area contributed by atoms with E-state index in [1.165, 1.54) is 6.92 Å². The summed E-state index contributed by atoms with van der Waals surface area (Å²) in [5.74, 6) is 0.0456. The predicted molar refractivity (Wildman–Crippen MR) is 68.5 cm³/mol. The van der Waals surface area contributed by atoms with E-state index in [1.807, 2.05) is 6.92 Å². The second-order valence-electron chi connectivity index (χ2n) is 3.75. The monoisotopic (exact) mass is 254 g/mol. The molecule has 1 aromatic rings. The molecule has 0 fully saturated rings. The van der Waals surface area contributed by atoms with Crippen molar-refractivity contribution in [3.63, 3.8) is 0 Å². The maximum absolute atomic E-state index is 11.5. The molecular formula is C12H15ClN2O2. The molecule has 17 heavy (non-hydrogen) atoms. The van der Waals surface area contributed by atoms with E-state index in [9.17, 15) is 9.59 Å². The number of hydrogen-bond acceptors (Lipinski definition) is 2. The first-order chi connectivity index (χ1) is 8.00. The number of rotatable bonds is 4. The molecule has 0 saturated carbocycles.